The minimum Gasteiger partial charge on any atom is -0.294 e. The van der Waals surface area contributed by atoms with E-state index in [0.29, 0.717) is 12.2 Å². The zero-order valence-corrected chi connectivity index (χ0v) is 16.2. The van der Waals surface area contributed by atoms with E-state index in [1.54, 1.807) is 6.07 Å². The number of fused-ring (bicyclic) bond motifs is 1. The molecule has 0 aliphatic heterocycles. The lowest BCUT2D eigenvalue weighted by Gasteiger charge is -2.20. The third kappa shape index (κ3) is 3.89. The van der Waals surface area contributed by atoms with Crippen LogP contribution in [0.3, 0.4) is 0 Å². The second-order valence-electron chi connectivity index (χ2n) is 7.10. The molecule has 142 valence electrons. The molecule has 4 aromatic rings. The van der Waals surface area contributed by atoms with E-state index in [1.165, 1.54) is 15.6 Å². The van der Waals surface area contributed by atoms with Crippen LogP contribution < -0.4 is 5.56 Å². The molecule has 1 N–H and O–H groups in total. The fraction of sp³-hybridized carbons (Fsp3) is 0.217. The van der Waals surface area contributed by atoms with Crippen molar-refractivity contribution in [2.75, 3.05) is 6.54 Å². The van der Waals surface area contributed by atoms with Gasteiger partial charge in [-0.15, -0.1) is 0 Å². The van der Waals surface area contributed by atoms with Crippen molar-refractivity contribution in [2.45, 2.75) is 26.9 Å². The van der Waals surface area contributed by atoms with Crippen LogP contribution in [0.4, 0.5) is 0 Å². The normalized spacial score (nSPS) is 11.4. The number of H-pyrrole nitrogens is 1. The highest BCUT2D eigenvalue weighted by atomic mass is 16.1. The largest absolute Gasteiger partial charge is 0.294 e. The summed E-state index contributed by atoms with van der Waals surface area (Å²) in [6.07, 6.45) is 0. The Kier molecular flexibility index (Phi) is 5.08. The molecule has 2 heterocycles. The average Bonchev–Trinajstić information content (AvgIpc) is 3.13. The van der Waals surface area contributed by atoms with Gasteiger partial charge in [-0.05, 0) is 24.6 Å². The highest BCUT2D eigenvalue weighted by molar-refractivity contribution is 5.64. The molecule has 0 atom stereocenters. The van der Waals surface area contributed by atoms with Crippen molar-refractivity contribution < 1.29 is 0 Å². The minimum atomic E-state index is -0.0888. The van der Waals surface area contributed by atoms with E-state index in [9.17, 15) is 4.79 Å². The van der Waals surface area contributed by atoms with Gasteiger partial charge in [0.1, 0.15) is 0 Å². The number of benzene rings is 2. The van der Waals surface area contributed by atoms with Crippen LogP contribution >= 0.6 is 0 Å². The van der Waals surface area contributed by atoms with Gasteiger partial charge in [-0.1, -0.05) is 67.1 Å². The van der Waals surface area contributed by atoms with Gasteiger partial charge in [-0.3, -0.25) is 14.8 Å². The van der Waals surface area contributed by atoms with Crippen molar-refractivity contribution in [3.05, 3.63) is 93.9 Å². The van der Waals surface area contributed by atoms with Crippen LogP contribution in [0.25, 0.3) is 16.9 Å². The smallest absolute Gasteiger partial charge is 0.272 e. The first-order valence-corrected chi connectivity index (χ1v) is 9.57. The second-order valence-corrected chi connectivity index (χ2v) is 7.10. The first-order valence-electron chi connectivity index (χ1n) is 9.57. The number of hydrogen-bond acceptors (Lipinski definition) is 3. The standard InChI is InChI=1S/C23H24N4O/c1-3-26(15-18-7-5-4-6-8-18)16-20-13-23(28)27-22(24-20)14-21(25-27)19-11-9-17(2)10-12-19/h4-14,25H,3,15-16H2,1-2H3. The van der Waals surface area contributed by atoms with Gasteiger partial charge in [-0.2, -0.15) is 0 Å². The van der Waals surface area contributed by atoms with Crippen molar-refractivity contribution >= 4 is 5.65 Å². The van der Waals surface area contributed by atoms with E-state index >= 15 is 0 Å². The number of aromatic amines is 1. The number of nitrogens with zero attached hydrogens (tertiary/aromatic N) is 3. The monoisotopic (exact) mass is 372 g/mol. The number of nitrogens with one attached hydrogen (secondary N) is 1. The quantitative estimate of drug-likeness (QED) is 0.556. The zero-order valence-electron chi connectivity index (χ0n) is 16.2. The maximum absolute atomic E-state index is 12.6. The molecule has 0 radical (unpaired) electrons. The highest BCUT2D eigenvalue weighted by Gasteiger charge is 2.11. The SMILES string of the molecule is CCN(Cc1ccccc1)Cc1cc(=O)n2[nH]c(-c3ccc(C)cc3)cc2n1. The Morgan fingerprint density at radius 3 is 2.46 bits per heavy atom. The van der Waals surface area contributed by atoms with Crippen LogP contribution in [0.1, 0.15) is 23.7 Å². The van der Waals surface area contributed by atoms with Crippen molar-refractivity contribution in [1.82, 2.24) is 19.5 Å². The van der Waals surface area contributed by atoms with Gasteiger partial charge in [0.05, 0.1) is 11.4 Å². The van der Waals surface area contributed by atoms with Crippen molar-refractivity contribution in [2.24, 2.45) is 0 Å². The van der Waals surface area contributed by atoms with E-state index < -0.39 is 0 Å². The molecule has 0 saturated heterocycles. The molecule has 28 heavy (non-hydrogen) atoms. The van der Waals surface area contributed by atoms with Gasteiger partial charge in [0.2, 0.25) is 0 Å². The third-order valence-corrected chi connectivity index (χ3v) is 4.95. The Hall–Kier alpha value is -3.18. The fourth-order valence-corrected chi connectivity index (χ4v) is 3.35. The molecule has 4 rings (SSSR count). The van der Waals surface area contributed by atoms with Crippen LogP contribution in [0.15, 0.2) is 71.5 Å². The van der Waals surface area contributed by atoms with E-state index in [4.69, 9.17) is 4.98 Å². The Morgan fingerprint density at radius 2 is 1.75 bits per heavy atom. The molecule has 5 nitrogen and oxygen atoms in total. The molecule has 2 aromatic heterocycles. The summed E-state index contributed by atoms with van der Waals surface area (Å²) in [5, 5.41) is 3.16. The molecule has 0 spiro atoms. The molecule has 0 amide bonds. The van der Waals surface area contributed by atoms with Crippen molar-refractivity contribution in [1.29, 1.82) is 0 Å². The summed E-state index contributed by atoms with van der Waals surface area (Å²) in [5.41, 5.74) is 5.73. The molecule has 0 aliphatic carbocycles. The van der Waals surface area contributed by atoms with Crippen LogP contribution in [-0.4, -0.2) is 26.0 Å². The van der Waals surface area contributed by atoms with Crippen LogP contribution in [-0.2, 0) is 13.1 Å². The first-order chi connectivity index (χ1) is 13.6. The maximum Gasteiger partial charge on any atom is 0.272 e. The summed E-state index contributed by atoms with van der Waals surface area (Å²) in [6.45, 7) is 6.54. The molecule has 5 heteroatoms. The molecule has 0 saturated carbocycles. The summed E-state index contributed by atoms with van der Waals surface area (Å²) < 4.78 is 1.51. The predicted molar refractivity (Wildman–Crippen MR) is 112 cm³/mol. The minimum absolute atomic E-state index is 0.0888. The van der Waals surface area contributed by atoms with E-state index in [2.05, 4.69) is 48.1 Å². The average molecular weight is 372 g/mol. The van der Waals surface area contributed by atoms with Gasteiger partial charge in [0.15, 0.2) is 5.65 Å². The number of aromatic nitrogens is 3. The van der Waals surface area contributed by atoms with Gasteiger partial charge in [0.25, 0.3) is 5.56 Å². The first kappa shape index (κ1) is 18.2. The van der Waals surface area contributed by atoms with Crippen LogP contribution in [0.2, 0.25) is 0 Å². The number of hydrogen-bond donors (Lipinski definition) is 1. The molecule has 0 bridgehead atoms. The molecular formula is C23H24N4O. The molecule has 0 unspecified atom stereocenters. The van der Waals surface area contributed by atoms with Crippen molar-refractivity contribution in [3.63, 3.8) is 0 Å². The van der Waals surface area contributed by atoms with Gasteiger partial charge < -0.3 is 0 Å². The Labute approximate surface area is 164 Å². The molecule has 2 aromatic carbocycles. The molecule has 0 fully saturated rings. The van der Waals surface area contributed by atoms with Crippen LogP contribution in [0.5, 0.6) is 0 Å². The fourth-order valence-electron chi connectivity index (χ4n) is 3.35. The topological polar surface area (TPSA) is 53.4 Å². The number of rotatable bonds is 6. The van der Waals surface area contributed by atoms with Crippen LogP contribution in [0, 0.1) is 6.92 Å². The Morgan fingerprint density at radius 1 is 1.00 bits per heavy atom. The number of aryl methyl sites for hydroxylation is 1. The van der Waals surface area contributed by atoms with Gasteiger partial charge >= 0.3 is 0 Å². The Balaban J connectivity index is 1.61. The summed E-state index contributed by atoms with van der Waals surface area (Å²) in [7, 11) is 0. The van der Waals surface area contributed by atoms with E-state index in [-0.39, 0.29) is 5.56 Å². The Bertz CT molecular complexity index is 1130. The summed E-state index contributed by atoms with van der Waals surface area (Å²) in [5.74, 6) is 0. The van der Waals surface area contributed by atoms with Crippen molar-refractivity contribution in [3.8, 4) is 11.3 Å². The zero-order chi connectivity index (χ0) is 19.5. The molecule has 0 aliphatic rings. The lowest BCUT2D eigenvalue weighted by atomic mass is 10.1. The van der Waals surface area contributed by atoms with E-state index in [1.807, 2.05) is 36.4 Å². The lowest BCUT2D eigenvalue weighted by Crippen LogP contribution is -2.25. The van der Waals surface area contributed by atoms with Gasteiger partial charge in [-0.25, -0.2) is 9.50 Å². The summed E-state index contributed by atoms with van der Waals surface area (Å²) >= 11 is 0. The summed E-state index contributed by atoms with van der Waals surface area (Å²) in [6, 6.07) is 22.1. The van der Waals surface area contributed by atoms with Gasteiger partial charge in [0, 0.05) is 25.2 Å². The lowest BCUT2D eigenvalue weighted by molar-refractivity contribution is 0.268. The highest BCUT2D eigenvalue weighted by Crippen LogP contribution is 2.19. The maximum atomic E-state index is 12.6. The third-order valence-electron chi connectivity index (χ3n) is 4.95. The molecular weight excluding hydrogens is 348 g/mol. The predicted octanol–water partition coefficient (Wildman–Crippen LogP) is 4.02. The van der Waals surface area contributed by atoms with E-state index in [0.717, 1.165) is 30.0 Å². The second kappa shape index (κ2) is 7.82. The summed E-state index contributed by atoms with van der Waals surface area (Å²) in [4.78, 5) is 19.6.